The highest BCUT2D eigenvalue weighted by Crippen LogP contribution is 2.33. The van der Waals surface area contributed by atoms with E-state index in [1.54, 1.807) is 13.0 Å². The molecule has 1 aliphatic rings. The molecule has 0 aromatic heterocycles. The Balaban J connectivity index is 2.27. The van der Waals surface area contributed by atoms with Gasteiger partial charge in [-0.3, -0.25) is 0 Å². The van der Waals surface area contributed by atoms with Crippen molar-refractivity contribution in [1.29, 1.82) is 0 Å². The molecular weight excluding hydrogens is 228 g/mol. The van der Waals surface area contributed by atoms with Gasteiger partial charge >= 0.3 is 0 Å². The standard InChI is InChI=1S/C12H15ClO3/c1-7(14)11(15)6-9-5-10(13)4-8-2-3-16-12(8)9/h4-5,7,11,14-15H,2-3,6H2,1H3. The zero-order valence-corrected chi connectivity index (χ0v) is 9.87. The second-order valence-electron chi connectivity index (χ2n) is 4.16. The van der Waals surface area contributed by atoms with E-state index in [0.29, 0.717) is 18.1 Å². The van der Waals surface area contributed by atoms with E-state index in [9.17, 15) is 10.2 Å². The van der Waals surface area contributed by atoms with Gasteiger partial charge in [0.05, 0.1) is 18.8 Å². The van der Waals surface area contributed by atoms with Crippen molar-refractivity contribution in [3.05, 3.63) is 28.3 Å². The molecule has 1 aliphatic heterocycles. The molecule has 1 heterocycles. The highest BCUT2D eigenvalue weighted by atomic mass is 35.5. The third kappa shape index (κ3) is 2.32. The van der Waals surface area contributed by atoms with Gasteiger partial charge < -0.3 is 14.9 Å². The van der Waals surface area contributed by atoms with Crippen LogP contribution in [0.15, 0.2) is 12.1 Å². The number of hydrogen-bond donors (Lipinski definition) is 2. The lowest BCUT2D eigenvalue weighted by Crippen LogP contribution is -2.24. The predicted octanol–water partition coefficient (Wildman–Crippen LogP) is 1.56. The van der Waals surface area contributed by atoms with Crippen LogP contribution in [-0.4, -0.2) is 29.0 Å². The van der Waals surface area contributed by atoms with Crippen LogP contribution < -0.4 is 4.74 Å². The van der Waals surface area contributed by atoms with Crippen molar-refractivity contribution < 1.29 is 14.9 Å². The number of fused-ring (bicyclic) bond motifs is 1. The molecule has 4 heteroatoms. The lowest BCUT2D eigenvalue weighted by atomic mass is 10.0. The van der Waals surface area contributed by atoms with E-state index in [1.807, 2.05) is 6.07 Å². The minimum atomic E-state index is -0.785. The number of benzene rings is 1. The molecule has 0 bridgehead atoms. The van der Waals surface area contributed by atoms with Crippen molar-refractivity contribution in [2.45, 2.75) is 32.0 Å². The second kappa shape index (κ2) is 4.62. The highest BCUT2D eigenvalue weighted by molar-refractivity contribution is 6.30. The van der Waals surface area contributed by atoms with Gasteiger partial charge in [-0.05, 0) is 30.2 Å². The van der Waals surface area contributed by atoms with E-state index >= 15 is 0 Å². The normalized spacial score (nSPS) is 17.8. The summed E-state index contributed by atoms with van der Waals surface area (Å²) in [5, 5.41) is 19.6. The molecule has 2 rings (SSSR count). The maximum Gasteiger partial charge on any atom is 0.126 e. The molecule has 1 aromatic carbocycles. The number of halogens is 1. The molecule has 2 N–H and O–H groups in total. The second-order valence-corrected chi connectivity index (χ2v) is 4.60. The van der Waals surface area contributed by atoms with Gasteiger partial charge in [0, 0.05) is 17.9 Å². The monoisotopic (exact) mass is 242 g/mol. The fraction of sp³-hybridized carbons (Fsp3) is 0.500. The molecule has 0 saturated carbocycles. The van der Waals surface area contributed by atoms with Crippen LogP contribution in [0.3, 0.4) is 0 Å². The van der Waals surface area contributed by atoms with Gasteiger partial charge in [0.2, 0.25) is 0 Å². The fourth-order valence-corrected chi connectivity index (χ4v) is 2.16. The van der Waals surface area contributed by atoms with E-state index in [-0.39, 0.29) is 0 Å². The maximum atomic E-state index is 9.65. The smallest absolute Gasteiger partial charge is 0.126 e. The quantitative estimate of drug-likeness (QED) is 0.846. The first kappa shape index (κ1) is 11.7. The summed E-state index contributed by atoms with van der Waals surface area (Å²) in [7, 11) is 0. The molecule has 3 nitrogen and oxygen atoms in total. The molecule has 2 unspecified atom stereocenters. The summed E-state index contributed by atoms with van der Waals surface area (Å²) < 4.78 is 5.51. The van der Waals surface area contributed by atoms with Gasteiger partial charge in [0.1, 0.15) is 5.75 Å². The Kier molecular flexibility index (Phi) is 3.38. The van der Waals surface area contributed by atoms with Crippen molar-refractivity contribution >= 4 is 11.6 Å². The average Bonchev–Trinajstić information content (AvgIpc) is 2.65. The number of ether oxygens (including phenoxy) is 1. The summed E-state index contributed by atoms with van der Waals surface area (Å²) in [5.41, 5.74) is 1.95. The number of rotatable bonds is 3. The largest absolute Gasteiger partial charge is 0.493 e. The predicted molar refractivity (Wildman–Crippen MR) is 62.0 cm³/mol. The lowest BCUT2D eigenvalue weighted by molar-refractivity contribution is 0.0316. The van der Waals surface area contributed by atoms with Gasteiger partial charge in [-0.15, -0.1) is 0 Å². The van der Waals surface area contributed by atoms with Crippen molar-refractivity contribution in [2.75, 3.05) is 6.61 Å². The Morgan fingerprint density at radius 1 is 1.44 bits per heavy atom. The molecule has 2 atom stereocenters. The topological polar surface area (TPSA) is 49.7 Å². The van der Waals surface area contributed by atoms with Crippen LogP contribution >= 0.6 is 11.6 Å². The average molecular weight is 243 g/mol. The van der Waals surface area contributed by atoms with Crippen molar-refractivity contribution in [2.24, 2.45) is 0 Å². The van der Waals surface area contributed by atoms with Crippen LogP contribution in [-0.2, 0) is 12.8 Å². The summed E-state index contributed by atoms with van der Waals surface area (Å²) >= 11 is 5.99. The Labute approximate surface area is 99.6 Å². The van der Waals surface area contributed by atoms with Gasteiger partial charge in [-0.25, -0.2) is 0 Å². The zero-order valence-electron chi connectivity index (χ0n) is 9.11. The lowest BCUT2D eigenvalue weighted by Gasteiger charge is -2.15. The maximum absolute atomic E-state index is 9.65. The van der Waals surface area contributed by atoms with Crippen molar-refractivity contribution in [1.82, 2.24) is 0 Å². The Morgan fingerprint density at radius 3 is 2.88 bits per heavy atom. The first-order valence-corrected chi connectivity index (χ1v) is 5.76. The molecule has 16 heavy (non-hydrogen) atoms. The van der Waals surface area contributed by atoms with Crippen molar-refractivity contribution in [3.8, 4) is 5.75 Å². The van der Waals surface area contributed by atoms with Crippen LogP contribution in [0.5, 0.6) is 5.75 Å². The summed E-state index contributed by atoms with van der Waals surface area (Å²) in [6.07, 6.45) is -0.323. The third-order valence-electron chi connectivity index (χ3n) is 2.81. The van der Waals surface area contributed by atoms with E-state index in [0.717, 1.165) is 23.3 Å². The van der Waals surface area contributed by atoms with Gasteiger partial charge in [-0.1, -0.05) is 11.6 Å². The summed E-state index contributed by atoms with van der Waals surface area (Å²) in [5.74, 6) is 0.823. The molecule has 1 aromatic rings. The van der Waals surface area contributed by atoms with E-state index in [2.05, 4.69) is 0 Å². The zero-order chi connectivity index (χ0) is 11.7. The molecular formula is C12H15ClO3. The molecule has 0 amide bonds. The molecule has 88 valence electrons. The molecule has 0 radical (unpaired) electrons. The van der Waals surface area contributed by atoms with E-state index < -0.39 is 12.2 Å². The molecule has 0 fully saturated rings. The first-order valence-electron chi connectivity index (χ1n) is 5.38. The Hall–Kier alpha value is -0.770. The highest BCUT2D eigenvalue weighted by Gasteiger charge is 2.21. The summed E-state index contributed by atoms with van der Waals surface area (Å²) in [6, 6.07) is 3.68. The van der Waals surface area contributed by atoms with E-state index in [1.165, 1.54) is 0 Å². The van der Waals surface area contributed by atoms with Gasteiger partial charge in [0.25, 0.3) is 0 Å². The van der Waals surface area contributed by atoms with Crippen LogP contribution in [0.2, 0.25) is 5.02 Å². The summed E-state index contributed by atoms with van der Waals surface area (Å²) in [4.78, 5) is 0. The van der Waals surface area contributed by atoms with Crippen LogP contribution in [0.1, 0.15) is 18.1 Å². The number of aliphatic hydroxyl groups excluding tert-OH is 2. The fourth-order valence-electron chi connectivity index (χ4n) is 1.89. The third-order valence-corrected chi connectivity index (χ3v) is 3.03. The minimum absolute atomic E-state index is 0.362. The van der Waals surface area contributed by atoms with E-state index in [4.69, 9.17) is 16.3 Å². The first-order chi connectivity index (χ1) is 7.58. The molecule has 0 aliphatic carbocycles. The number of hydrogen-bond acceptors (Lipinski definition) is 3. The van der Waals surface area contributed by atoms with Crippen LogP contribution in [0, 0.1) is 0 Å². The van der Waals surface area contributed by atoms with Gasteiger partial charge in [-0.2, -0.15) is 0 Å². The Morgan fingerprint density at radius 2 is 2.19 bits per heavy atom. The van der Waals surface area contributed by atoms with Crippen molar-refractivity contribution in [3.63, 3.8) is 0 Å². The van der Waals surface area contributed by atoms with Crippen LogP contribution in [0.4, 0.5) is 0 Å². The Bertz CT molecular complexity index is 390. The molecule has 0 spiro atoms. The van der Waals surface area contributed by atoms with Gasteiger partial charge in [0.15, 0.2) is 0 Å². The number of aliphatic hydroxyl groups is 2. The SMILES string of the molecule is CC(O)C(O)Cc1cc(Cl)cc2c1OCC2. The summed E-state index contributed by atoms with van der Waals surface area (Å²) in [6.45, 7) is 2.23. The molecule has 0 saturated heterocycles. The minimum Gasteiger partial charge on any atom is -0.493 e. The van der Waals surface area contributed by atoms with Crippen LogP contribution in [0.25, 0.3) is 0 Å².